The van der Waals surface area contributed by atoms with Gasteiger partial charge in [-0.15, -0.1) is 11.3 Å². The van der Waals surface area contributed by atoms with Crippen LogP contribution in [0.4, 0.5) is 51.2 Å². The summed E-state index contributed by atoms with van der Waals surface area (Å²) >= 11 is 1.92. The lowest BCUT2D eigenvalue weighted by Gasteiger charge is -2.42. The molecule has 0 atom stereocenters. The average Bonchev–Trinajstić information content (AvgIpc) is 1.62. The van der Waals surface area contributed by atoms with Gasteiger partial charge in [0.05, 0.1) is 16.9 Å². The number of thiophene rings is 1. The van der Waals surface area contributed by atoms with Crippen LogP contribution >= 0.6 is 11.3 Å². The number of anilines is 9. The summed E-state index contributed by atoms with van der Waals surface area (Å²) < 4.78 is 11.4. The van der Waals surface area contributed by atoms with Crippen LogP contribution in [0.5, 0.6) is 0 Å². The number of fused-ring (bicyclic) bond motifs is 12. The quantitative estimate of drug-likeness (QED) is 0.149. The number of hydrogen-bond acceptors (Lipinski definition) is 5. The molecule has 0 radical (unpaired) electrons. The molecule has 2 aliphatic heterocycles. The lowest BCUT2D eigenvalue weighted by molar-refractivity contribution is 0.587. The first-order valence-electron chi connectivity index (χ1n) is 33.5. The van der Waals surface area contributed by atoms with E-state index in [2.05, 4.69) is 344 Å². The van der Waals surface area contributed by atoms with Crippen LogP contribution in [0, 0.1) is 0 Å². The molecular formula is C86H87BN4OS. The third kappa shape index (κ3) is 10.0. The number of aromatic nitrogens is 1. The smallest absolute Gasteiger partial charge is 0.252 e. The van der Waals surface area contributed by atoms with E-state index in [1.165, 1.54) is 86.7 Å². The van der Waals surface area contributed by atoms with E-state index in [1.54, 1.807) is 0 Å². The van der Waals surface area contributed by atoms with E-state index in [1.807, 2.05) is 11.3 Å². The van der Waals surface area contributed by atoms with E-state index < -0.39 is 0 Å². The molecule has 10 aromatic carbocycles. The van der Waals surface area contributed by atoms with Crippen molar-refractivity contribution < 1.29 is 4.42 Å². The summed E-state index contributed by atoms with van der Waals surface area (Å²) in [4.78, 5) is 8.84. The van der Waals surface area contributed by atoms with E-state index in [-0.39, 0.29) is 39.2 Å². The fourth-order valence-electron chi connectivity index (χ4n) is 14.7. The van der Waals surface area contributed by atoms with Crippen molar-refractivity contribution in [2.75, 3.05) is 14.7 Å². The summed E-state index contributed by atoms with van der Waals surface area (Å²) in [6, 6.07) is 77.5. The Morgan fingerprint density at radius 3 is 1.33 bits per heavy atom. The maximum absolute atomic E-state index is 7.46. The highest BCUT2D eigenvalue weighted by Gasteiger charge is 2.45. The van der Waals surface area contributed by atoms with Crippen molar-refractivity contribution in [3.63, 3.8) is 0 Å². The number of nitrogens with zero attached hydrogens (tertiary/aromatic N) is 4. The topological polar surface area (TPSA) is 27.8 Å². The fraction of sp³-hybridized carbons (Fsp3) is 0.279. The first-order valence-corrected chi connectivity index (χ1v) is 34.3. The van der Waals surface area contributed by atoms with E-state index in [4.69, 9.17) is 4.42 Å². The number of rotatable bonds is 7. The average molecular weight is 1240 g/mol. The van der Waals surface area contributed by atoms with Gasteiger partial charge in [-0.05, 0) is 179 Å². The van der Waals surface area contributed by atoms with Gasteiger partial charge in [-0.25, -0.2) is 0 Å². The zero-order valence-electron chi connectivity index (χ0n) is 57.7. The van der Waals surface area contributed by atoms with Gasteiger partial charge < -0.3 is 23.7 Å². The van der Waals surface area contributed by atoms with Gasteiger partial charge in [0.15, 0.2) is 5.58 Å². The van der Waals surface area contributed by atoms with Crippen LogP contribution in [-0.2, 0) is 32.5 Å². The zero-order chi connectivity index (χ0) is 65.4. The Bertz CT molecular complexity index is 5020. The largest absolute Gasteiger partial charge is 0.454 e. The summed E-state index contributed by atoms with van der Waals surface area (Å²) in [5.74, 6) is 0. The van der Waals surface area contributed by atoms with Gasteiger partial charge in [-0.2, -0.15) is 0 Å². The Hall–Kier alpha value is -8.78. The Balaban J connectivity index is 1.10. The summed E-state index contributed by atoms with van der Waals surface area (Å²) in [6.45, 7) is 41.5. The highest BCUT2D eigenvalue weighted by molar-refractivity contribution is 7.26. The van der Waals surface area contributed by atoms with Crippen molar-refractivity contribution in [3.8, 4) is 5.69 Å². The SMILES string of the molecule is CC(C)(C)c1ccc(N(c2ccc(C(C)(C)C)cc2)c2ccc3c(c2)N(c2cccc4c2oc2cc(C(C)(C)C)ccc24)c2cc(N(c4ccc(C(C)(C)C)cc4)c4ccc(C(C)(C)C)cc4)cc4c2B3c2cc(C(C)(C)C)cc3c5c6ccccc6sc5n-4c23)cc1. The molecule has 5 heterocycles. The van der Waals surface area contributed by atoms with Crippen LogP contribution < -0.4 is 31.1 Å². The minimum Gasteiger partial charge on any atom is -0.454 e. The molecule has 5 nitrogen and oxygen atoms in total. The number of furan rings is 1. The van der Waals surface area contributed by atoms with E-state index in [9.17, 15) is 0 Å². The minimum absolute atomic E-state index is 0.0136. The number of para-hydroxylation sites is 1. The molecule has 0 amide bonds. The second kappa shape index (κ2) is 20.9. The molecular weight excluding hydrogens is 1150 g/mol. The second-order valence-electron chi connectivity index (χ2n) is 32.8. The molecule has 0 aliphatic carbocycles. The van der Waals surface area contributed by atoms with Crippen LogP contribution in [0.1, 0.15) is 158 Å². The summed E-state index contributed by atoms with van der Waals surface area (Å²) in [7, 11) is 0. The second-order valence-corrected chi connectivity index (χ2v) is 33.8. The van der Waals surface area contributed by atoms with Crippen LogP contribution in [0.25, 0.3) is 58.8 Å². The van der Waals surface area contributed by atoms with Gasteiger partial charge in [0.2, 0.25) is 0 Å². The van der Waals surface area contributed by atoms with Gasteiger partial charge in [0.25, 0.3) is 6.71 Å². The number of benzene rings is 10. The molecule has 0 bridgehead atoms. The van der Waals surface area contributed by atoms with Crippen molar-refractivity contribution in [1.29, 1.82) is 0 Å². The Kier molecular flexibility index (Phi) is 13.6. The van der Waals surface area contributed by atoms with E-state index >= 15 is 0 Å². The van der Waals surface area contributed by atoms with E-state index in [0.717, 1.165) is 73.1 Å². The summed E-state index contributed by atoms with van der Waals surface area (Å²) in [5.41, 5.74) is 25.2. The molecule has 0 unspecified atom stereocenters. The maximum Gasteiger partial charge on any atom is 0.252 e. The monoisotopic (exact) mass is 1230 g/mol. The molecule has 0 N–H and O–H groups in total. The van der Waals surface area contributed by atoms with Crippen molar-refractivity contribution in [2.24, 2.45) is 0 Å². The highest BCUT2D eigenvalue weighted by atomic mass is 32.1. The molecule has 15 rings (SSSR count). The predicted octanol–water partition coefficient (Wildman–Crippen LogP) is 23.2. The van der Waals surface area contributed by atoms with Crippen LogP contribution in [0.3, 0.4) is 0 Å². The molecule has 0 saturated carbocycles. The van der Waals surface area contributed by atoms with Crippen LogP contribution in [0.15, 0.2) is 205 Å². The molecule has 93 heavy (non-hydrogen) atoms. The van der Waals surface area contributed by atoms with Gasteiger partial charge in [0.1, 0.15) is 10.4 Å². The fourth-order valence-corrected chi connectivity index (χ4v) is 15.9. The molecule has 0 spiro atoms. The van der Waals surface area contributed by atoms with Crippen LogP contribution in [0.2, 0.25) is 0 Å². The van der Waals surface area contributed by atoms with Gasteiger partial charge >= 0.3 is 0 Å². The molecule has 7 heteroatoms. The molecule has 13 aromatic rings. The van der Waals surface area contributed by atoms with Gasteiger partial charge in [-0.3, -0.25) is 0 Å². The Morgan fingerprint density at radius 1 is 0.344 bits per heavy atom. The third-order valence-corrected chi connectivity index (χ3v) is 21.3. The Morgan fingerprint density at radius 2 is 0.806 bits per heavy atom. The lowest BCUT2D eigenvalue weighted by Crippen LogP contribution is -2.60. The van der Waals surface area contributed by atoms with Crippen molar-refractivity contribution >= 4 is 139 Å². The zero-order valence-corrected chi connectivity index (χ0v) is 58.6. The predicted molar refractivity (Wildman–Crippen MR) is 404 cm³/mol. The molecule has 3 aromatic heterocycles. The summed E-state index contributed by atoms with van der Waals surface area (Å²) in [6.07, 6.45) is 0. The van der Waals surface area contributed by atoms with Crippen molar-refractivity contribution in [3.05, 3.63) is 234 Å². The molecule has 0 saturated heterocycles. The van der Waals surface area contributed by atoms with E-state index in [0.29, 0.717) is 0 Å². The first kappa shape index (κ1) is 60.5. The van der Waals surface area contributed by atoms with Gasteiger partial charge in [-0.1, -0.05) is 228 Å². The standard InChI is InChI=1S/C86H87BN4OS/c1-81(2,3)52-26-35-58(36-27-52)88(59-37-28-53(29-38-59)82(4,5)6)62-43-45-68-71(49-62)90(70-24-21-23-65-64-44-34-56(85(13,14)15)48-74(64)92-79(65)70)72-50-63(89(60-39-30-54(31-40-60)83(7,8)9)61-41-32-55(33-42-61)84(10,11)12)51-73-77(72)87(68)69-47-57(86(16,17)18)46-67-76-66-22-19-20-25-75(66)93-80(76)91(73)78(67)69/h19-51H,1-18H3. The first-order chi connectivity index (χ1) is 43.9. The molecule has 2 aliphatic rings. The lowest BCUT2D eigenvalue weighted by atomic mass is 9.33. The van der Waals surface area contributed by atoms with Crippen molar-refractivity contribution in [1.82, 2.24) is 4.57 Å². The normalized spacial score (nSPS) is 13.7. The third-order valence-electron chi connectivity index (χ3n) is 20.1. The number of hydrogen-bond donors (Lipinski definition) is 0. The molecule has 0 fully saturated rings. The minimum atomic E-state index is -0.155. The van der Waals surface area contributed by atoms with Crippen molar-refractivity contribution in [2.45, 2.75) is 157 Å². The summed E-state index contributed by atoms with van der Waals surface area (Å²) in [5, 5.41) is 6.12. The van der Waals surface area contributed by atoms with Gasteiger partial charge in [0, 0.05) is 77.1 Å². The molecule has 466 valence electrons. The maximum atomic E-state index is 7.46. The Labute approximate surface area is 555 Å². The van der Waals surface area contributed by atoms with Crippen LogP contribution in [-0.4, -0.2) is 11.3 Å². The highest BCUT2D eigenvalue weighted by Crippen LogP contribution is 2.52.